The van der Waals surface area contributed by atoms with Crippen LogP contribution in [0.15, 0.2) is 0 Å². The van der Waals surface area contributed by atoms with E-state index in [9.17, 15) is 4.79 Å². The zero-order valence-corrected chi connectivity index (χ0v) is 9.94. The van der Waals surface area contributed by atoms with Crippen molar-refractivity contribution in [3.8, 4) is 0 Å². The third-order valence-electron chi connectivity index (χ3n) is 3.10. The molecule has 0 spiro atoms. The fraction of sp³-hybridized carbons (Fsp3) is 0.909. The van der Waals surface area contributed by atoms with E-state index in [1.807, 2.05) is 14.1 Å². The molecule has 0 aliphatic carbocycles. The number of hydrogen-bond acceptors (Lipinski definition) is 3. The molecule has 1 heterocycles. The molecule has 0 bridgehead atoms. The smallest absolute Gasteiger partial charge is 0.320 e. The molecule has 1 aliphatic rings. The van der Waals surface area contributed by atoms with Crippen LogP contribution in [0.1, 0.15) is 26.2 Å². The zero-order valence-electron chi connectivity index (χ0n) is 9.94. The monoisotopic (exact) mass is 214 g/mol. The maximum atomic E-state index is 11.0. The first kappa shape index (κ1) is 12.5. The van der Waals surface area contributed by atoms with Crippen molar-refractivity contribution in [2.45, 2.75) is 38.3 Å². The number of piperidine rings is 1. The maximum absolute atomic E-state index is 11.0. The molecule has 1 saturated heterocycles. The number of carboxylic acid groups (broad SMARTS) is 1. The Balaban J connectivity index is 2.60. The molecular formula is C11H22N2O2. The van der Waals surface area contributed by atoms with E-state index < -0.39 is 5.97 Å². The summed E-state index contributed by atoms with van der Waals surface area (Å²) in [7, 11) is 4.08. The quantitative estimate of drug-likeness (QED) is 0.754. The van der Waals surface area contributed by atoms with Crippen LogP contribution >= 0.6 is 0 Å². The van der Waals surface area contributed by atoms with Crippen molar-refractivity contribution in [1.82, 2.24) is 9.80 Å². The molecule has 0 radical (unpaired) electrons. The normalized spacial score (nSPS) is 25.5. The topological polar surface area (TPSA) is 43.8 Å². The molecule has 1 rings (SSSR count). The number of nitrogens with zero attached hydrogens (tertiary/aromatic N) is 2. The van der Waals surface area contributed by atoms with E-state index in [0.717, 1.165) is 25.9 Å². The highest BCUT2D eigenvalue weighted by Crippen LogP contribution is 2.20. The van der Waals surface area contributed by atoms with Crippen molar-refractivity contribution in [3.05, 3.63) is 0 Å². The lowest BCUT2D eigenvalue weighted by atomic mass is 9.99. The van der Waals surface area contributed by atoms with E-state index in [2.05, 4.69) is 9.80 Å². The van der Waals surface area contributed by atoms with E-state index in [4.69, 9.17) is 5.11 Å². The summed E-state index contributed by atoms with van der Waals surface area (Å²) in [6.07, 6.45) is 3.47. The molecule has 0 amide bonds. The van der Waals surface area contributed by atoms with Crippen LogP contribution in [0.2, 0.25) is 0 Å². The predicted molar refractivity (Wildman–Crippen MR) is 60.0 cm³/mol. The van der Waals surface area contributed by atoms with Crippen LogP contribution in [0.3, 0.4) is 0 Å². The number of rotatable bonds is 4. The van der Waals surface area contributed by atoms with E-state index in [1.54, 1.807) is 6.92 Å². The van der Waals surface area contributed by atoms with E-state index in [0.29, 0.717) is 6.04 Å². The van der Waals surface area contributed by atoms with Gasteiger partial charge in [-0.25, -0.2) is 0 Å². The van der Waals surface area contributed by atoms with Crippen LogP contribution in [-0.4, -0.2) is 60.1 Å². The highest BCUT2D eigenvalue weighted by Gasteiger charge is 2.30. The number of carbonyl (C=O) groups is 1. The van der Waals surface area contributed by atoms with Gasteiger partial charge in [0.1, 0.15) is 6.04 Å². The van der Waals surface area contributed by atoms with Gasteiger partial charge in [-0.3, -0.25) is 9.69 Å². The molecule has 88 valence electrons. The second-order valence-electron chi connectivity index (χ2n) is 4.66. The number of aliphatic carboxylic acids is 1. The van der Waals surface area contributed by atoms with Crippen molar-refractivity contribution < 1.29 is 9.90 Å². The van der Waals surface area contributed by atoms with E-state index in [1.165, 1.54) is 6.42 Å². The van der Waals surface area contributed by atoms with Gasteiger partial charge in [0.25, 0.3) is 0 Å². The highest BCUT2D eigenvalue weighted by molar-refractivity contribution is 5.72. The summed E-state index contributed by atoms with van der Waals surface area (Å²) >= 11 is 0. The average Bonchev–Trinajstić information content (AvgIpc) is 2.16. The fourth-order valence-corrected chi connectivity index (χ4v) is 2.29. The van der Waals surface area contributed by atoms with Gasteiger partial charge in [0, 0.05) is 12.6 Å². The van der Waals surface area contributed by atoms with Gasteiger partial charge in [0.05, 0.1) is 0 Å². The Bertz CT molecular complexity index is 219. The standard InChI is InChI=1S/C11H22N2O2/c1-9(11(14)15)13-7-5-4-6-10(13)8-12(2)3/h9-10H,4-8H2,1-3H3,(H,14,15). The molecule has 4 nitrogen and oxygen atoms in total. The summed E-state index contributed by atoms with van der Waals surface area (Å²) in [6, 6.07) is 0.0510. The third kappa shape index (κ3) is 3.47. The minimum absolute atomic E-state index is 0.352. The van der Waals surface area contributed by atoms with Gasteiger partial charge in [-0.15, -0.1) is 0 Å². The van der Waals surface area contributed by atoms with Gasteiger partial charge in [-0.2, -0.15) is 0 Å². The van der Waals surface area contributed by atoms with Gasteiger partial charge in [0.2, 0.25) is 0 Å². The van der Waals surface area contributed by atoms with Gasteiger partial charge in [0.15, 0.2) is 0 Å². The highest BCUT2D eigenvalue weighted by atomic mass is 16.4. The van der Waals surface area contributed by atoms with Gasteiger partial charge in [-0.1, -0.05) is 6.42 Å². The van der Waals surface area contributed by atoms with Crippen LogP contribution in [0.25, 0.3) is 0 Å². The van der Waals surface area contributed by atoms with Crippen LogP contribution < -0.4 is 0 Å². The third-order valence-corrected chi connectivity index (χ3v) is 3.10. The van der Waals surface area contributed by atoms with Gasteiger partial charge < -0.3 is 10.0 Å². The molecule has 2 unspecified atom stereocenters. The first-order valence-corrected chi connectivity index (χ1v) is 5.65. The van der Waals surface area contributed by atoms with Crippen molar-refractivity contribution in [2.24, 2.45) is 0 Å². The minimum atomic E-state index is -0.708. The molecule has 1 aliphatic heterocycles. The zero-order chi connectivity index (χ0) is 11.4. The fourth-order valence-electron chi connectivity index (χ4n) is 2.29. The Morgan fingerprint density at radius 2 is 2.20 bits per heavy atom. The Kier molecular flexibility index (Phi) is 4.54. The summed E-state index contributed by atoms with van der Waals surface area (Å²) in [5.41, 5.74) is 0. The first-order chi connectivity index (χ1) is 7.02. The molecule has 0 aromatic heterocycles. The molecule has 1 fully saturated rings. The maximum Gasteiger partial charge on any atom is 0.320 e. The van der Waals surface area contributed by atoms with Crippen molar-refractivity contribution in [2.75, 3.05) is 27.2 Å². The summed E-state index contributed by atoms with van der Waals surface area (Å²) in [6.45, 7) is 3.67. The van der Waals surface area contributed by atoms with Gasteiger partial charge >= 0.3 is 5.97 Å². The van der Waals surface area contributed by atoms with Crippen molar-refractivity contribution in [1.29, 1.82) is 0 Å². The van der Waals surface area contributed by atoms with Crippen molar-refractivity contribution in [3.63, 3.8) is 0 Å². The molecule has 0 aromatic rings. The lowest BCUT2D eigenvalue weighted by Gasteiger charge is -2.39. The number of likely N-dealkylation sites (tertiary alicyclic amines) is 1. The van der Waals surface area contributed by atoms with Crippen LogP contribution in [0, 0.1) is 0 Å². The molecule has 0 saturated carbocycles. The minimum Gasteiger partial charge on any atom is -0.480 e. The summed E-state index contributed by atoms with van der Waals surface area (Å²) in [5.74, 6) is -0.708. The second kappa shape index (κ2) is 5.47. The molecule has 0 aromatic carbocycles. The summed E-state index contributed by atoms with van der Waals surface area (Å²) in [5, 5.41) is 9.03. The molecule has 4 heteroatoms. The van der Waals surface area contributed by atoms with Gasteiger partial charge in [-0.05, 0) is 40.4 Å². The second-order valence-corrected chi connectivity index (χ2v) is 4.66. The van der Waals surface area contributed by atoms with Crippen LogP contribution in [0.5, 0.6) is 0 Å². The van der Waals surface area contributed by atoms with E-state index >= 15 is 0 Å². The number of likely N-dealkylation sites (N-methyl/N-ethyl adjacent to an activating group) is 1. The summed E-state index contributed by atoms with van der Waals surface area (Å²) in [4.78, 5) is 15.2. The van der Waals surface area contributed by atoms with Crippen LogP contribution in [-0.2, 0) is 4.79 Å². The summed E-state index contributed by atoms with van der Waals surface area (Å²) < 4.78 is 0. The van der Waals surface area contributed by atoms with Crippen molar-refractivity contribution >= 4 is 5.97 Å². The lowest BCUT2D eigenvalue weighted by Crippen LogP contribution is -2.51. The molecule has 15 heavy (non-hydrogen) atoms. The Hall–Kier alpha value is -0.610. The largest absolute Gasteiger partial charge is 0.480 e. The molecular weight excluding hydrogens is 192 g/mol. The first-order valence-electron chi connectivity index (χ1n) is 5.65. The lowest BCUT2D eigenvalue weighted by molar-refractivity contribution is -0.144. The SMILES string of the molecule is CC(C(=O)O)N1CCCCC1CN(C)C. The van der Waals surface area contributed by atoms with Crippen LogP contribution in [0.4, 0.5) is 0 Å². The molecule has 1 N–H and O–H groups in total. The van der Waals surface area contributed by atoms with E-state index in [-0.39, 0.29) is 6.04 Å². The predicted octanol–water partition coefficient (Wildman–Crippen LogP) is 0.876. The Labute approximate surface area is 91.9 Å². The Morgan fingerprint density at radius 1 is 1.53 bits per heavy atom. The average molecular weight is 214 g/mol. The molecule has 2 atom stereocenters. The number of hydrogen-bond donors (Lipinski definition) is 1. The Morgan fingerprint density at radius 3 is 2.73 bits per heavy atom. The number of carboxylic acids is 1.